The summed E-state index contributed by atoms with van der Waals surface area (Å²) in [6.45, 7) is 9.67. The smallest absolute Gasteiger partial charge is 0.121 e. The Bertz CT molecular complexity index is 1720. The zero-order valence-electron chi connectivity index (χ0n) is 26.0. The van der Waals surface area contributed by atoms with Gasteiger partial charge in [-0.3, -0.25) is 14.8 Å². The standard InChI is InChI=1S/C38H46N4O/c1-3-36-15-7-20-41-22-18-38(35(36)41)30(13-17-36)39-32-26(11-12-29(43)31(32)38)28-23-37(4-2)16-8-19-40-21-14-25-24-9-5-6-10-27(24)42(28)33(25)34(37)40/h5-6,9-12,28,34-35,43H,3-4,7-8,13-23H2,1-2H3/t28-,34-,35-,36-,37+,38+/m1/s1. The molecule has 1 N–H and O–H groups in total. The van der Waals surface area contributed by atoms with Crippen LogP contribution in [0, 0.1) is 10.8 Å². The molecule has 1 spiro atoms. The maximum absolute atomic E-state index is 11.8. The molecule has 0 bridgehead atoms. The van der Waals surface area contributed by atoms with Gasteiger partial charge in [-0.1, -0.05) is 38.1 Å². The van der Waals surface area contributed by atoms with Crippen molar-refractivity contribution in [3.63, 3.8) is 0 Å². The van der Waals surface area contributed by atoms with E-state index in [0.717, 1.165) is 31.5 Å². The Hall–Kier alpha value is -2.63. The van der Waals surface area contributed by atoms with E-state index in [9.17, 15) is 5.11 Å². The van der Waals surface area contributed by atoms with Crippen LogP contribution in [-0.2, 0) is 11.8 Å². The fourth-order valence-corrected chi connectivity index (χ4v) is 12.6. The molecule has 7 heterocycles. The minimum absolute atomic E-state index is 0.108. The molecule has 6 atom stereocenters. The number of phenols is 1. The summed E-state index contributed by atoms with van der Waals surface area (Å²) < 4.78 is 2.78. The Kier molecular flexibility index (Phi) is 5.10. The second kappa shape index (κ2) is 8.54. The van der Waals surface area contributed by atoms with Crippen molar-refractivity contribution in [2.24, 2.45) is 15.8 Å². The summed E-state index contributed by atoms with van der Waals surface area (Å²) in [5.41, 5.74) is 10.3. The van der Waals surface area contributed by atoms with Crippen LogP contribution in [0.3, 0.4) is 0 Å². The second-order valence-electron chi connectivity index (χ2n) is 15.4. The first-order valence-corrected chi connectivity index (χ1v) is 17.6. The van der Waals surface area contributed by atoms with Crippen molar-refractivity contribution in [3.8, 4) is 5.75 Å². The second-order valence-corrected chi connectivity index (χ2v) is 15.4. The minimum Gasteiger partial charge on any atom is -0.508 e. The van der Waals surface area contributed by atoms with E-state index < -0.39 is 0 Å². The van der Waals surface area contributed by atoms with E-state index in [-0.39, 0.29) is 16.9 Å². The van der Waals surface area contributed by atoms with Gasteiger partial charge in [-0.05, 0) is 119 Å². The lowest BCUT2D eigenvalue weighted by Crippen LogP contribution is -2.61. The number of aromatic hydroxyl groups is 1. The van der Waals surface area contributed by atoms with Gasteiger partial charge in [-0.25, -0.2) is 0 Å². The number of piperidine rings is 2. The molecule has 5 heteroatoms. The quantitative estimate of drug-likeness (QED) is 0.347. The van der Waals surface area contributed by atoms with E-state index in [4.69, 9.17) is 4.99 Å². The van der Waals surface area contributed by atoms with Gasteiger partial charge in [0.15, 0.2) is 0 Å². The van der Waals surface area contributed by atoms with Crippen molar-refractivity contribution < 1.29 is 5.11 Å². The van der Waals surface area contributed by atoms with Crippen molar-refractivity contribution in [2.45, 2.75) is 108 Å². The molecular weight excluding hydrogens is 528 g/mol. The van der Waals surface area contributed by atoms with Gasteiger partial charge in [0.05, 0.1) is 23.2 Å². The Morgan fingerprint density at radius 1 is 0.860 bits per heavy atom. The Balaban J connectivity index is 1.23. The average Bonchev–Trinajstić information content (AvgIpc) is 3.72. The van der Waals surface area contributed by atoms with Crippen molar-refractivity contribution in [1.82, 2.24) is 14.4 Å². The van der Waals surface area contributed by atoms with E-state index >= 15 is 0 Å². The zero-order valence-corrected chi connectivity index (χ0v) is 26.0. The lowest BCUT2D eigenvalue weighted by molar-refractivity contribution is -0.0312. The van der Waals surface area contributed by atoms with Crippen LogP contribution in [0.2, 0.25) is 0 Å². The Morgan fingerprint density at radius 3 is 2.53 bits per heavy atom. The van der Waals surface area contributed by atoms with E-state index in [0.29, 0.717) is 23.2 Å². The summed E-state index contributed by atoms with van der Waals surface area (Å²) in [5.74, 6) is 0.499. The zero-order chi connectivity index (χ0) is 28.7. The van der Waals surface area contributed by atoms with Gasteiger partial charge in [0, 0.05) is 46.0 Å². The molecule has 0 amide bonds. The van der Waals surface area contributed by atoms with Gasteiger partial charge >= 0.3 is 0 Å². The van der Waals surface area contributed by atoms with Crippen LogP contribution >= 0.6 is 0 Å². The van der Waals surface area contributed by atoms with Crippen LogP contribution in [-0.4, -0.2) is 57.4 Å². The first-order chi connectivity index (χ1) is 21.1. The number of hydrogen-bond donors (Lipinski definition) is 1. The van der Waals surface area contributed by atoms with Crippen molar-refractivity contribution in [3.05, 3.63) is 58.8 Å². The van der Waals surface area contributed by atoms with Gasteiger partial charge in [0.25, 0.3) is 0 Å². The fourth-order valence-electron chi connectivity index (χ4n) is 12.6. The molecule has 1 saturated carbocycles. The predicted octanol–water partition coefficient (Wildman–Crippen LogP) is 7.81. The normalized spacial score (nSPS) is 37.5. The molecule has 1 aliphatic carbocycles. The molecule has 7 aliphatic rings. The fraction of sp³-hybridized carbons (Fsp3) is 0.605. The molecule has 2 aromatic carbocycles. The van der Waals surface area contributed by atoms with E-state index in [1.165, 1.54) is 98.7 Å². The van der Waals surface area contributed by atoms with Crippen LogP contribution in [0.1, 0.15) is 113 Å². The summed E-state index contributed by atoms with van der Waals surface area (Å²) in [6.07, 6.45) is 13.5. The molecule has 43 heavy (non-hydrogen) atoms. The molecule has 4 fully saturated rings. The highest BCUT2D eigenvalue weighted by Crippen LogP contribution is 2.67. The largest absolute Gasteiger partial charge is 0.508 e. The molecule has 10 rings (SSSR count). The summed E-state index contributed by atoms with van der Waals surface area (Å²) in [5, 5.41) is 13.3. The van der Waals surface area contributed by atoms with Crippen LogP contribution in [0.25, 0.3) is 10.9 Å². The summed E-state index contributed by atoms with van der Waals surface area (Å²) in [7, 11) is 0. The Morgan fingerprint density at radius 2 is 1.67 bits per heavy atom. The number of fused-ring (bicyclic) bond motifs is 4. The molecule has 6 aliphatic heterocycles. The molecule has 1 aromatic heterocycles. The highest BCUT2D eigenvalue weighted by molar-refractivity contribution is 6.05. The van der Waals surface area contributed by atoms with Gasteiger partial charge in [-0.15, -0.1) is 0 Å². The number of aromatic nitrogens is 1. The van der Waals surface area contributed by atoms with Crippen LogP contribution in [0.4, 0.5) is 5.69 Å². The minimum atomic E-state index is -0.108. The molecule has 224 valence electrons. The van der Waals surface area contributed by atoms with Gasteiger partial charge in [-0.2, -0.15) is 0 Å². The SMILES string of the molecule is CC[C@@]12CCCN3CC[C@@]4(C(=Nc5c([C@H]6C[C@]7(CC)CCCN8CCc9c(n6c6ccccc96)[C@@H]87)ccc(O)c54)CC1)[C@H]32. The highest BCUT2D eigenvalue weighted by atomic mass is 16.3. The predicted molar refractivity (Wildman–Crippen MR) is 173 cm³/mol. The first kappa shape index (κ1) is 25.7. The van der Waals surface area contributed by atoms with Crippen LogP contribution in [0.5, 0.6) is 5.75 Å². The topological polar surface area (TPSA) is 44.0 Å². The van der Waals surface area contributed by atoms with E-state index in [1.807, 2.05) is 0 Å². The van der Waals surface area contributed by atoms with Crippen molar-refractivity contribution >= 4 is 22.3 Å². The monoisotopic (exact) mass is 574 g/mol. The average molecular weight is 575 g/mol. The first-order valence-electron chi connectivity index (χ1n) is 17.6. The van der Waals surface area contributed by atoms with Crippen LogP contribution < -0.4 is 0 Å². The van der Waals surface area contributed by atoms with Crippen molar-refractivity contribution in [2.75, 3.05) is 26.2 Å². The molecule has 0 unspecified atom stereocenters. The number of para-hydroxylation sites is 1. The number of nitrogens with zero attached hydrogens (tertiary/aromatic N) is 4. The van der Waals surface area contributed by atoms with Gasteiger partial charge in [0.2, 0.25) is 0 Å². The molecule has 0 radical (unpaired) electrons. The maximum atomic E-state index is 11.8. The van der Waals surface area contributed by atoms with Gasteiger partial charge in [0.1, 0.15) is 5.75 Å². The molecular formula is C38H46N4O. The summed E-state index contributed by atoms with van der Waals surface area (Å²) in [4.78, 5) is 11.3. The summed E-state index contributed by atoms with van der Waals surface area (Å²) in [6, 6.07) is 14.9. The number of phenolic OH excluding ortho intramolecular Hbond substituents is 1. The number of aliphatic imine (C=N–C) groups is 1. The lowest BCUT2D eigenvalue weighted by atomic mass is 9.52. The molecule has 3 saturated heterocycles. The van der Waals surface area contributed by atoms with Crippen molar-refractivity contribution in [1.29, 1.82) is 0 Å². The lowest BCUT2D eigenvalue weighted by Gasteiger charge is -2.57. The van der Waals surface area contributed by atoms with E-state index in [2.05, 4.69) is 64.6 Å². The number of benzene rings is 2. The third kappa shape index (κ3) is 2.91. The Labute approximate surface area is 256 Å². The third-order valence-corrected chi connectivity index (χ3v) is 14.3. The maximum Gasteiger partial charge on any atom is 0.121 e. The summed E-state index contributed by atoms with van der Waals surface area (Å²) >= 11 is 0. The number of hydrogen-bond acceptors (Lipinski definition) is 4. The van der Waals surface area contributed by atoms with Crippen LogP contribution in [0.15, 0.2) is 41.4 Å². The van der Waals surface area contributed by atoms with Gasteiger partial charge < -0.3 is 9.67 Å². The highest BCUT2D eigenvalue weighted by Gasteiger charge is 2.66. The molecule has 3 aromatic rings. The third-order valence-electron chi connectivity index (χ3n) is 14.3. The number of rotatable bonds is 3. The van der Waals surface area contributed by atoms with E-state index in [1.54, 1.807) is 11.3 Å². The molecule has 5 nitrogen and oxygen atoms in total.